The number of aryl methyl sites for hydroxylation is 1. The first kappa shape index (κ1) is 15.8. The maximum absolute atomic E-state index is 11.9. The van der Waals surface area contributed by atoms with E-state index in [0.717, 1.165) is 25.0 Å². The maximum atomic E-state index is 11.9. The number of esters is 1. The van der Waals surface area contributed by atoms with Gasteiger partial charge in [-0.25, -0.2) is 0 Å². The van der Waals surface area contributed by atoms with Crippen LogP contribution in [0, 0.1) is 5.41 Å². The van der Waals surface area contributed by atoms with Crippen molar-refractivity contribution in [2.75, 3.05) is 14.2 Å². The molecule has 21 heavy (non-hydrogen) atoms. The van der Waals surface area contributed by atoms with Gasteiger partial charge < -0.3 is 15.2 Å². The summed E-state index contributed by atoms with van der Waals surface area (Å²) in [4.78, 5) is 11.9. The summed E-state index contributed by atoms with van der Waals surface area (Å²) in [6.45, 7) is 4.00. The van der Waals surface area contributed by atoms with Gasteiger partial charge in [-0.2, -0.15) is 0 Å². The van der Waals surface area contributed by atoms with Crippen LogP contribution in [0.5, 0.6) is 5.75 Å². The van der Waals surface area contributed by atoms with Crippen LogP contribution in [0.25, 0.3) is 0 Å². The van der Waals surface area contributed by atoms with E-state index in [1.807, 2.05) is 19.9 Å². The van der Waals surface area contributed by atoms with E-state index in [9.17, 15) is 4.79 Å². The van der Waals surface area contributed by atoms with Gasteiger partial charge in [0.2, 0.25) is 0 Å². The fourth-order valence-corrected chi connectivity index (χ4v) is 3.24. The van der Waals surface area contributed by atoms with E-state index in [2.05, 4.69) is 12.1 Å². The second-order valence-corrected chi connectivity index (χ2v) is 6.57. The molecule has 1 aliphatic carbocycles. The van der Waals surface area contributed by atoms with Gasteiger partial charge in [-0.05, 0) is 56.4 Å². The standard InChI is InChI=1S/C17H25NO3/c1-16(2,18)17(11-15(19)21-4)8-7-12-5-6-14(20-3)9-13(12)10-17/h5-6,9H,7-8,10-11,18H2,1-4H3. The summed E-state index contributed by atoms with van der Waals surface area (Å²) < 4.78 is 10.2. The highest BCUT2D eigenvalue weighted by atomic mass is 16.5. The third-order valence-corrected chi connectivity index (χ3v) is 4.89. The molecule has 0 fully saturated rings. The molecule has 0 saturated carbocycles. The number of carbonyl (C=O) groups is 1. The summed E-state index contributed by atoms with van der Waals surface area (Å²) in [6.07, 6.45) is 2.95. The van der Waals surface area contributed by atoms with E-state index in [1.165, 1.54) is 18.2 Å². The van der Waals surface area contributed by atoms with Crippen LogP contribution < -0.4 is 10.5 Å². The first-order valence-corrected chi connectivity index (χ1v) is 7.33. The highest BCUT2D eigenvalue weighted by molar-refractivity contribution is 5.70. The molecule has 1 aromatic carbocycles. The molecule has 0 amide bonds. The Hall–Kier alpha value is -1.55. The molecule has 1 aliphatic rings. The fraction of sp³-hybridized carbons (Fsp3) is 0.588. The number of benzene rings is 1. The van der Waals surface area contributed by atoms with Crippen molar-refractivity contribution >= 4 is 5.97 Å². The van der Waals surface area contributed by atoms with Gasteiger partial charge in [-0.15, -0.1) is 0 Å². The third kappa shape index (κ3) is 3.05. The molecular formula is C17H25NO3. The van der Waals surface area contributed by atoms with E-state index in [1.54, 1.807) is 7.11 Å². The molecular weight excluding hydrogens is 266 g/mol. The predicted molar refractivity (Wildman–Crippen MR) is 82.4 cm³/mol. The summed E-state index contributed by atoms with van der Waals surface area (Å²) >= 11 is 0. The van der Waals surface area contributed by atoms with Gasteiger partial charge in [0.15, 0.2) is 0 Å². The monoisotopic (exact) mass is 291 g/mol. The zero-order valence-electron chi connectivity index (χ0n) is 13.4. The topological polar surface area (TPSA) is 61.5 Å². The van der Waals surface area contributed by atoms with Crippen molar-refractivity contribution in [1.29, 1.82) is 0 Å². The molecule has 2 rings (SSSR count). The van der Waals surface area contributed by atoms with Crippen LogP contribution in [0.2, 0.25) is 0 Å². The van der Waals surface area contributed by atoms with Crippen molar-refractivity contribution in [2.24, 2.45) is 11.1 Å². The Morgan fingerprint density at radius 3 is 2.62 bits per heavy atom. The van der Waals surface area contributed by atoms with E-state index >= 15 is 0 Å². The Bertz CT molecular complexity index is 533. The molecule has 116 valence electrons. The Kier molecular flexibility index (Phi) is 4.28. The average Bonchev–Trinajstić information content (AvgIpc) is 2.45. The minimum Gasteiger partial charge on any atom is -0.497 e. The minimum absolute atomic E-state index is 0.195. The second kappa shape index (κ2) is 5.68. The lowest BCUT2D eigenvalue weighted by atomic mass is 9.60. The summed E-state index contributed by atoms with van der Waals surface area (Å²) in [5.74, 6) is 0.650. The van der Waals surface area contributed by atoms with Crippen molar-refractivity contribution in [3.63, 3.8) is 0 Å². The van der Waals surface area contributed by atoms with Gasteiger partial charge in [-0.1, -0.05) is 6.07 Å². The smallest absolute Gasteiger partial charge is 0.306 e. The van der Waals surface area contributed by atoms with Crippen LogP contribution in [0.15, 0.2) is 18.2 Å². The SMILES string of the molecule is COC(=O)CC1(C(C)(C)N)CCc2ccc(OC)cc2C1. The Labute approximate surface area is 126 Å². The molecule has 0 spiro atoms. The van der Waals surface area contributed by atoms with Crippen LogP contribution >= 0.6 is 0 Å². The number of carbonyl (C=O) groups excluding carboxylic acids is 1. The number of fused-ring (bicyclic) bond motifs is 1. The van der Waals surface area contributed by atoms with Gasteiger partial charge in [-0.3, -0.25) is 4.79 Å². The highest BCUT2D eigenvalue weighted by Gasteiger charge is 2.46. The average molecular weight is 291 g/mol. The molecule has 4 heteroatoms. The van der Waals surface area contributed by atoms with Gasteiger partial charge in [0.1, 0.15) is 5.75 Å². The van der Waals surface area contributed by atoms with Crippen molar-refractivity contribution < 1.29 is 14.3 Å². The second-order valence-electron chi connectivity index (χ2n) is 6.57. The van der Waals surface area contributed by atoms with Gasteiger partial charge in [0, 0.05) is 11.0 Å². The van der Waals surface area contributed by atoms with Gasteiger partial charge in [0.05, 0.1) is 20.6 Å². The number of hydrogen-bond donors (Lipinski definition) is 1. The van der Waals surface area contributed by atoms with Crippen LogP contribution in [-0.2, 0) is 22.4 Å². The van der Waals surface area contributed by atoms with E-state index in [0.29, 0.717) is 6.42 Å². The summed E-state index contributed by atoms with van der Waals surface area (Å²) in [6, 6.07) is 6.16. The van der Waals surface area contributed by atoms with Crippen LogP contribution in [0.3, 0.4) is 0 Å². The molecule has 0 aromatic heterocycles. The molecule has 0 radical (unpaired) electrons. The Morgan fingerprint density at radius 2 is 2.05 bits per heavy atom. The van der Waals surface area contributed by atoms with Crippen molar-refractivity contribution in [2.45, 2.75) is 45.1 Å². The molecule has 0 heterocycles. The number of hydrogen-bond acceptors (Lipinski definition) is 4. The largest absolute Gasteiger partial charge is 0.497 e. The number of rotatable bonds is 4. The number of ether oxygens (including phenoxy) is 2. The lowest BCUT2D eigenvalue weighted by Crippen LogP contribution is -2.54. The van der Waals surface area contributed by atoms with Gasteiger partial charge >= 0.3 is 5.97 Å². The summed E-state index contributed by atoms with van der Waals surface area (Å²) in [5.41, 5.74) is 8.25. The fourth-order valence-electron chi connectivity index (χ4n) is 3.24. The first-order chi connectivity index (χ1) is 9.81. The third-order valence-electron chi connectivity index (χ3n) is 4.89. The normalized spacial score (nSPS) is 21.6. The molecule has 1 aromatic rings. The molecule has 1 unspecified atom stereocenters. The minimum atomic E-state index is -0.456. The summed E-state index contributed by atoms with van der Waals surface area (Å²) in [5, 5.41) is 0. The molecule has 0 bridgehead atoms. The maximum Gasteiger partial charge on any atom is 0.306 e. The summed E-state index contributed by atoms with van der Waals surface area (Å²) in [7, 11) is 3.10. The van der Waals surface area contributed by atoms with E-state index in [4.69, 9.17) is 15.2 Å². The number of nitrogens with two attached hydrogens (primary N) is 1. The molecule has 0 aliphatic heterocycles. The zero-order valence-corrected chi connectivity index (χ0v) is 13.4. The predicted octanol–water partition coefficient (Wildman–Crippen LogP) is 2.47. The van der Waals surface area contributed by atoms with Crippen molar-refractivity contribution in [3.05, 3.63) is 29.3 Å². The quantitative estimate of drug-likeness (QED) is 0.866. The van der Waals surface area contributed by atoms with Crippen LogP contribution in [0.1, 0.15) is 37.8 Å². The highest BCUT2D eigenvalue weighted by Crippen LogP contribution is 2.46. The van der Waals surface area contributed by atoms with Crippen molar-refractivity contribution in [3.8, 4) is 5.75 Å². The lowest BCUT2D eigenvalue weighted by Gasteiger charge is -2.47. The van der Waals surface area contributed by atoms with Crippen LogP contribution in [0.4, 0.5) is 0 Å². The molecule has 2 N–H and O–H groups in total. The first-order valence-electron chi connectivity index (χ1n) is 7.33. The van der Waals surface area contributed by atoms with E-state index in [-0.39, 0.29) is 11.4 Å². The molecule has 1 atom stereocenters. The lowest BCUT2D eigenvalue weighted by molar-refractivity contribution is -0.145. The van der Waals surface area contributed by atoms with E-state index < -0.39 is 5.54 Å². The van der Waals surface area contributed by atoms with Gasteiger partial charge in [0.25, 0.3) is 0 Å². The Balaban J connectivity index is 2.38. The molecule has 4 nitrogen and oxygen atoms in total. The van der Waals surface area contributed by atoms with Crippen LogP contribution in [-0.4, -0.2) is 25.7 Å². The molecule has 0 saturated heterocycles. The Morgan fingerprint density at radius 1 is 1.33 bits per heavy atom. The van der Waals surface area contributed by atoms with Crippen molar-refractivity contribution in [1.82, 2.24) is 0 Å². The number of methoxy groups -OCH3 is 2. The zero-order chi connectivity index (χ0) is 15.7.